The third-order valence-electron chi connectivity index (χ3n) is 2.91. The van der Waals surface area contributed by atoms with Gasteiger partial charge in [0, 0.05) is 25.2 Å². The van der Waals surface area contributed by atoms with Gasteiger partial charge in [-0.05, 0) is 30.5 Å². The van der Waals surface area contributed by atoms with Gasteiger partial charge in [-0.1, -0.05) is 12.1 Å². The van der Waals surface area contributed by atoms with Gasteiger partial charge in [0.2, 0.25) is 0 Å². The molecule has 0 saturated carbocycles. The number of anilines is 1. The molecule has 15 heavy (non-hydrogen) atoms. The van der Waals surface area contributed by atoms with E-state index in [9.17, 15) is 0 Å². The Morgan fingerprint density at radius 3 is 3.00 bits per heavy atom. The Kier molecular flexibility index (Phi) is 2.62. The van der Waals surface area contributed by atoms with E-state index in [-0.39, 0.29) is 5.84 Å². The highest BCUT2D eigenvalue weighted by Crippen LogP contribution is 2.28. The predicted molar refractivity (Wildman–Crippen MR) is 63.7 cm³/mol. The minimum atomic E-state index is 0.236. The number of benzene rings is 1. The number of hydrogen-bond acceptors (Lipinski definition) is 2. The summed E-state index contributed by atoms with van der Waals surface area (Å²) in [6, 6.07) is 6.42. The molecule has 3 N–H and O–H groups in total. The van der Waals surface area contributed by atoms with E-state index < -0.39 is 0 Å². The van der Waals surface area contributed by atoms with Crippen molar-refractivity contribution < 1.29 is 0 Å². The van der Waals surface area contributed by atoms with Gasteiger partial charge in [-0.25, -0.2) is 0 Å². The van der Waals surface area contributed by atoms with Gasteiger partial charge >= 0.3 is 0 Å². The van der Waals surface area contributed by atoms with Crippen LogP contribution in [-0.4, -0.2) is 18.9 Å². The van der Waals surface area contributed by atoms with Crippen LogP contribution in [0.5, 0.6) is 0 Å². The number of hydrogen-bond donors (Lipinski definition) is 2. The second-order valence-corrected chi connectivity index (χ2v) is 3.99. The standard InChI is InChI=1S/C12H17N3/c1-2-15-6-5-10-7-9(8-12(13)14)3-4-11(10)15/h3-4,7H,2,5-6,8H2,1H3,(H3,13,14). The van der Waals surface area contributed by atoms with Crippen molar-refractivity contribution in [2.45, 2.75) is 19.8 Å². The number of amidine groups is 1. The van der Waals surface area contributed by atoms with Gasteiger partial charge in [0.05, 0.1) is 5.84 Å². The summed E-state index contributed by atoms with van der Waals surface area (Å²) >= 11 is 0. The lowest BCUT2D eigenvalue weighted by Crippen LogP contribution is -2.19. The maximum atomic E-state index is 7.27. The number of likely N-dealkylation sites (N-methyl/N-ethyl adjacent to an activating group) is 1. The first-order valence-electron chi connectivity index (χ1n) is 5.40. The summed E-state index contributed by atoms with van der Waals surface area (Å²) in [6.45, 7) is 4.37. The summed E-state index contributed by atoms with van der Waals surface area (Å²) in [4.78, 5) is 2.38. The zero-order chi connectivity index (χ0) is 10.8. The van der Waals surface area contributed by atoms with Crippen molar-refractivity contribution in [3.8, 4) is 0 Å². The molecule has 1 aliphatic heterocycles. The summed E-state index contributed by atoms with van der Waals surface area (Å²) in [7, 11) is 0. The number of nitrogens with one attached hydrogen (secondary N) is 1. The minimum Gasteiger partial charge on any atom is -0.387 e. The van der Waals surface area contributed by atoms with E-state index >= 15 is 0 Å². The highest BCUT2D eigenvalue weighted by Gasteiger charge is 2.17. The lowest BCUT2D eigenvalue weighted by atomic mass is 10.1. The fourth-order valence-corrected chi connectivity index (χ4v) is 2.18. The van der Waals surface area contributed by atoms with Crippen molar-refractivity contribution in [2.75, 3.05) is 18.0 Å². The first-order chi connectivity index (χ1) is 7.20. The summed E-state index contributed by atoms with van der Waals surface area (Å²) in [5.41, 5.74) is 9.30. The fraction of sp³-hybridized carbons (Fsp3) is 0.417. The average molecular weight is 203 g/mol. The smallest absolute Gasteiger partial charge is 0.0950 e. The molecule has 0 aromatic heterocycles. The Labute approximate surface area is 90.4 Å². The molecule has 0 aliphatic carbocycles. The van der Waals surface area contributed by atoms with Gasteiger partial charge in [0.15, 0.2) is 0 Å². The Hall–Kier alpha value is -1.51. The van der Waals surface area contributed by atoms with Crippen molar-refractivity contribution in [3.63, 3.8) is 0 Å². The van der Waals surface area contributed by atoms with Crippen molar-refractivity contribution in [1.29, 1.82) is 5.41 Å². The van der Waals surface area contributed by atoms with Gasteiger partial charge in [-0.3, -0.25) is 5.41 Å². The van der Waals surface area contributed by atoms with Gasteiger partial charge in [-0.15, -0.1) is 0 Å². The van der Waals surface area contributed by atoms with Crippen LogP contribution in [0.1, 0.15) is 18.1 Å². The molecule has 0 saturated heterocycles. The monoisotopic (exact) mass is 203 g/mol. The molecule has 0 unspecified atom stereocenters. The van der Waals surface area contributed by atoms with Gasteiger partial charge in [-0.2, -0.15) is 0 Å². The second-order valence-electron chi connectivity index (χ2n) is 3.99. The van der Waals surface area contributed by atoms with Crippen molar-refractivity contribution in [2.24, 2.45) is 5.73 Å². The normalized spacial score (nSPS) is 14.1. The topological polar surface area (TPSA) is 53.1 Å². The van der Waals surface area contributed by atoms with Crippen molar-refractivity contribution in [3.05, 3.63) is 29.3 Å². The first kappa shape index (κ1) is 10.0. The lowest BCUT2D eigenvalue weighted by Gasteiger charge is -2.16. The third-order valence-corrected chi connectivity index (χ3v) is 2.91. The van der Waals surface area contributed by atoms with Crippen LogP contribution in [0.2, 0.25) is 0 Å². The van der Waals surface area contributed by atoms with E-state index in [1.807, 2.05) is 0 Å². The third kappa shape index (κ3) is 1.96. The summed E-state index contributed by atoms with van der Waals surface area (Å²) < 4.78 is 0. The van der Waals surface area contributed by atoms with Crippen LogP contribution in [0.3, 0.4) is 0 Å². The van der Waals surface area contributed by atoms with Crippen LogP contribution in [0.15, 0.2) is 18.2 Å². The van der Waals surface area contributed by atoms with E-state index in [1.54, 1.807) is 0 Å². The highest BCUT2D eigenvalue weighted by molar-refractivity contribution is 5.79. The molecule has 1 heterocycles. The Balaban J connectivity index is 2.25. The molecular formula is C12H17N3. The first-order valence-corrected chi connectivity index (χ1v) is 5.40. The quantitative estimate of drug-likeness (QED) is 0.578. The Bertz CT molecular complexity index is 384. The van der Waals surface area contributed by atoms with Crippen LogP contribution < -0.4 is 10.6 Å². The van der Waals surface area contributed by atoms with Gasteiger partial charge in [0.25, 0.3) is 0 Å². The van der Waals surface area contributed by atoms with E-state index in [0.29, 0.717) is 6.42 Å². The van der Waals surface area contributed by atoms with E-state index in [0.717, 1.165) is 25.1 Å². The van der Waals surface area contributed by atoms with Crippen molar-refractivity contribution >= 4 is 11.5 Å². The molecule has 1 aliphatic rings. The van der Waals surface area contributed by atoms with Crippen LogP contribution in [0.25, 0.3) is 0 Å². The molecule has 1 aromatic rings. The average Bonchev–Trinajstić information content (AvgIpc) is 2.58. The number of nitrogens with zero attached hydrogens (tertiary/aromatic N) is 1. The van der Waals surface area contributed by atoms with Crippen molar-refractivity contribution in [1.82, 2.24) is 0 Å². The zero-order valence-corrected chi connectivity index (χ0v) is 9.09. The highest BCUT2D eigenvalue weighted by atomic mass is 15.1. The molecule has 2 rings (SSSR count). The van der Waals surface area contributed by atoms with Crippen LogP contribution >= 0.6 is 0 Å². The molecule has 0 radical (unpaired) electrons. The fourth-order valence-electron chi connectivity index (χ4n) is 2.18. The van der Waals surface area contributed by atoms with E-state index in [2.05, 4.69) is 30.0 Å². The molecule has 0 fully saturated rings. The maximum absolute atomic E-state index is 7.27. The zero-order valence-electron chi connectivity index (χ0n) is 9.09. The van der Waals surface area contributed by atoms with Crippen LogP contribution in [-0.2, 0) is 12.8 Å². The van der Waals surface area contributed by atoms with E-state index in [4.69, 9.17) is 11.1 Å². The number of nitrogens with two attached hydrogens (primary N) is 1. The SMILES string of the molecule is CCN1CCc2cc(CC(=N)N)ccc21. The number of fused-ring (bicyclic) bond motifs is 1. The molecular weight excluding hydrogens is 186 g/mol. The molecule has 0 bridgehead atoms. The molecule has 0 amide bonds. The summed E-state index contributed by atoms with van der Waals surface area (Å²) in [5.74, 6) is 0.236. The molecule has 80 valence electrons. The minimum absolute atomic E-state index is 0.236. The molecule has 0 spiro atoms. The van der Waals surface area contributed by atoms with E-state index in [1.165, 1.54) is 11.3 Å². The predicted octanol–water partition coefficient (Wildman–Crippen LogP) is 1.55. The molecule has 3 heteroatoms. The second kappa shape index (κ2) is 3.93. The Morgan fingerprint density at radius 1 is 1.53 bits per heavy atom. The summed E-state index contributed by atoms with van der Waals surface area (Å²) in [5, 5.41) is 7.27. The van der Waals surface area contributed by atoms with Crippen LogP contribution in [0.4, 0.5) is 5.69 Å². The van der Waals surface area contributed by atoms with Crippen LogP contribution in [0, 0.1) is 5.41 Å². The van der Waals surface area contributed by atoms with Gasteiger partial charge in [0.1, 0.15) is 0 Å². The number of rotatable bonds is 3. The van der Waals surface area contributed by atoms with Gasteiger partial charge < -0.3 is 10.6 Å². The summed E-state index contributed by atoms with van der Waals surface area (Å²) in [6.07, 6.45) is 1.69. The Morgan fingerprint density at radius 2 is 2.33 bits per heavy atom. The molecule has 1 aromatic carbocycles. The molecule has 3 nitrogen and oxygen atoms in total. The largest absolute Gasteiger partial charge is 0.387 e. The molecule has 0 atom stereocenters. The maximum Gasteiger partial charge on any atom is 0.0950 e. The lowest BCUT2D eigenvalue weighted by molar-refractivity contribution is 0.868.